The summed E-state index contributed by atoms with van der Waals surface area (Å²) in [5, 5.41) is 10.8. The second-order valence-corrected chi connectivity index (χ2v) is 4.02. The highest BCUT2D eigenvalue weighted by molar-refractivity contribution is 5.79. The predicted octanol–water partition coefficient (Wildman–Crippen LogP) is 3.03. The summed E-state index contributed by atoms with van der Waals surface area (Å²) < 4.78 is 5.06. The third kappa shape index (κ3) is 4.49. The number of unbranched alkanes of at least 4 members (excludes halogenated alkanes) is 2. The standard InChI is InChI=1S/C12H23O4/c1-4-7-9-12(6-3,16-14)11(13)15-10-8-5-2/h4-10H2,1-3H3. The van der Waals surface area contributed by atoms with E-state index in [1.54, 1.807) is 6.92 Å². The maximum atomic E-state index is 11.8. The van der Waals surface area contributed by atoms with Crippen LogP contribution in [0.2, 0.25) is 0 Å². The summed E-state index contributed by atoms with van der Waals surface area (Å²) in [6.45, 7) is 6.16. The van der Waals surface area contributed by atoms with Gasteiger partial charge in [-0.2, -0.15) is 4.89 Å². The van der Waals surface area contributed by atoms with Gasteiger partial charge >= 0.3 is 5.97 Å². The molecule has 0 saturated heterocycles. The van der Waals surface area contributed by atoms with E-state index in [0.717, 1.165) is 25.7 Å². The lowest BCUT2D eigenvalue weighted by molar-refractivity contribution is -0.368. The maximum absolute atomic E-state index is 11.8. The number of esters is 1. The Kier molecular flexibility index (Phi) is 8.21. The first-order valence-electron chi connectivity index (χ1n) is 6.15. The van der Waals surface area contributed by atoms with Crippen LogP contribution in [0.4, 0.5) is 0 Å². The van der Waals surface area contributed by atoms with Crippen molar-refractivity contribution in [3.05, 3.63) is 0 Å². The Labute approximate surface area is 97.9 Å². The first-order chi connectivity index (χ1) is 7.66. The van der Waals surface area contributed by atoms with E-state index in [1.165, 1.54) is 0 Å². The Hall–Kier alpha value is -0.610. The molecule has 0 aromatic carbocycles. The lowest BCUT2D eigenvalue weighted by Crippen LogP contribution is -2.41. The van der Waals surface area contributed by atoms with Crippen molar-refractivity contribution < 1.29 is 19.7 Å². The molecule has 0 aliphatic heterocycles. The van der Waals surface area contributed by atoms with Crippen LogP contribution in [0.5, 0.6) is 0 Å². The molecular weight excluding hydrogens is 208 g/mol. The lowest BCUT2D eigenvalue weighted by Gasteiger charge is -2.25. The third-order valence-electron chi connectivity index (χ3n) is 2.77. The highest BCUT2D eigenvalue weighted by Crippen LogP contribution is 2.24. The largest absolute Gasteiger partial charge is 0.463 e. The van der Waals surface area contributed by atoms with E-state index in [1.807, 2.05) is 13.8 Å². The van der Waals surface area contributed by atoms with Crippen LogP contribution in [-0.4, -0.2) is 18.2 Å². The van der Waals surface area contributed by atoms with E-state index in [2.05, 4.69) is 4.89 Å². The molecule has 1 unspecified atom stereocenters. The minimum Gasteiger partial charge on any atom is -0.463 e. The number of carbonyl (C=O) groups excluding carboxylic acids is 1. The molecule has 0 aliphatic rings. The van der Waals surface area contributed by atoms with Crippen LogP contribution in [0.15, 0.2) is 0 Å². The van der Waals surface area contributed by atoms with Crippen LogP contribution in [0.25, 0.3) is 0 Å². The number of hydrogen-bond donors (Lipinski definition) is 0. The smallest absolute Gasteiger partial charge is 0.341 e. The van der Waals surface area contributed by atoms with Crippen LogP contribution in [0.3, 0.4) is 0 Å². The summed E-state index contributed by atoms with van der Waals surface area (Å²) in [5.74, 6) is -0.507. The minimum absolute atomic E-state index is 0.363. The van der Waals surface area contributed by atoms with Crippen molar-refractivity contribution in [1.29, 1.82) is 0 Å². The second-order valence-electron chi connectivity index (χ2n) is 4.02. The topological polar surface area (TPSA) is 55.4 Å². The van der Waals surface area contributed by atoms with Crippen LogP contribution >= 0.6 is 0 Å². The van der Waals surface area contributed by atoms with Crippen LogP contribution < -0.4 is 0 Å². The molecule has 0 aromatic rings. The van der Waals surface area contributed by atoms with Gasteiger partial charge in [0.25, 0.3) is 0 Å². The van der Waals surface area contributed by atoms with Gasteiger partial charge in [-0.05, 0) is 24.5 Å². The van der Waals surface area contributed by atoms with Crippen molar-refractivity contribution in [2.75, 3.05) is 6.61 Å². The quantitative estimate of drug-likeness (QED) is 0.265. The molecule has 0 aliphatic carbocycles. The summed E-state index contributed by atoms with van der Waals surface area (Å²) in [6, 6.07) is 0. The van der Waals surface area contributed by atoms with Crippen LogP contribution in [-0.2, 0) is 19.7 Å². The van der Waals surface area contributed by atoms with Gasteiger partial charge in [0, 0.05) is 0 Å². The van der Waals surface area contributed by atoms with Gasteiger partial charge in [-0.1, -0.05) is 40.0 Å². The molecule has 0 spiro atoms. The molecule has 0 aromatic heterocycles. The third-order valence-corrected chi connectivity index (χ3v) is 2.77. The van der Waals surface area contributed by atoms with Gasteiger partial charge in [0.2, 0.25) is 5.60 Å². The summed E-state index contributed by atoms with van der Waals surface area (Å²) in [4.78, 5) is 15.9. The predicted molar refractivity (Wildman–Crippen MR) is 60.2 cm³/mol. The van der Waals surface area contributed by atoms with E-state index in [-0.39, 0.29) is 0 Å². The number of hydrogen-bond acceptors (Lipinski definition) is 3. The van der Waals surface area contributed by atoms with Crippen molar-refractivity contribution in [3.8, 4) is 0 Å². The Morgan fingerprint density at radius 1 is 1.12 bits per heavy atom. The fraction of sp³-hybridized carbons (Fsp3) is 0.917. The van der Waals surface area contributed by atoms with E-state index in [9.17, 15) is 10.1 Å². The zero-order valence-corrected chi connectivity index (χ0v) is 10.6. The van der Waals surface area contributed by atoms with Gasteiger partial charge in [0.05, 0.1) is 6.61 Å². The molecule has 16 heavy (non-hydrogen) atoms. The molecule has 0 saturated carbocycles. The molecule has 0 rings (SSSR count). The molecule has 0 amide bonds. The first-order valence-corrected chi connectivity index (χ1v) is 6.15. The summed E-state index contributed by atoms with van der Waals surface area (Å²) in [7, 11) is 0. The zero-order chi connectivity index (χ0) is 12.4. The van der Waals surface area contributed by atoms with E-state index >= 15 is 0 Å². The summed E-state index contributed by atoms with van der Waals surface area (Å²) >= 11 is 0. The second kappa shape index (κ2) is 8.53. The van der Waals surface area contributed by atoms with E-state index < -0.39 is 11.6 Å². The SMILES string of the molecule is CCCCOC(=O)C(CC)(CCCC)O[O]. The van der Waals surface area contributed by atoms with Crippen molar-refractivity contribution in [2.45, 2.75) is 64.9 Å². The van der Waals surface area contributed by atoms with E-state index in [4.69, 9.17) is 4.74 Å². The zero-order valence-electron chi connectivity index (χ0n) is 10.6. The number of carbonyl (C=O) groups is 1. The molecule has 0 fully saturated rings. The van der Waals surface area contributed by atoms with Gasteiger partial charge in [-0.25, -0.2) is 4.79 Å². The molecule has 0 N–H and O–H groups in total. The Morgan fingerprint density at radius 3 is 2.19 bits per heavy atom. The Bertz CT molecular complexity index is 187. The fourth-order valence-electron chi connectivity index (χ4n) is 1.46. The molecule has 95 valence electrons. The first kappa shape index (κ1) is 15.4. The summed E-state index contributed by atoms with van der Waals surface area (Å²) in [6.07, 6.45) is 4.29. The fourth-order valence-corrected chi connectivity index (χ4v) is 1.46. The monoisotopic (exact) mass is 231 g/mol. The van der Waals surface area contributed by atoms with Gasteiger partial charge in [-0.3, -0.25) is 0 Å². The number of rotatable bonds is 9. The Morgan fingerprint density at radius 2 is 1.75 bits per heavy atom. The molecule has 0 heterocycles. The molecule has 1 radical (unpaired) electrons. The van der Waals surface area contributed by atoms with E-state index in [0.29, 0.717) is 19.4 Å². The van der Waals surface area contributed by atoms with Gasteiger partial charge in [0.15, 0.2) is 0 Å². The lowest BCUT2D eigenvalue weighted by atomic mass is 9.94. The highest BCUT2D eigenvalue weighted by atomic mass is 17.1. The van der Waals surface area contributed by atoms with Crippen LogP contribution in [0, 0.1) is 0 Å². The minimum atomic E-state index is -1.27. The highest BCUT2D eigenvalue weighted by Gasteiger charge is 2.40. The van der Waals surface area contributed by atoms with Crippen molar-refractivity contribution >= 4 is 5.97 Å². The van der Waals surface area contributed by atoms with Crippen LogP contribution in [0.1, 0.15) is 59.3 Å². The van der Waals surface area contributed by atoms with Gasteiger partial charge in [-0.15, -0.1) is 0 Å². The van der Waals surface area contributed by atoms with Crippen molar-refractivity contribution in [1.82, 2.24) is 0 Å². The molecule has 4 nitrogen and oxygen atoms in total. The maximum Gasteiger partial charge on any atom is 0.341 e. The number of ether oxygens (including phenoxy) is 1. The van der Waals surface area contributed by atoms with Gasteiger partial charge in [0.1, 0.15) is 0 Å². The molecule has 1 atom stereocenters. The normalized spacial score (nSPS) is 14.5. The Balaban J connectivity index is 4.31. The van der Waals surface area contributed by atoms with Crippen molar-refractivity contribution in [3.63, 3.8) is 0 Å². The molecular formula is C12H23O4. The summed E-state index contributed by atoms with van der Waals surface area (Å²) in [5.41, 5.74) is -1.27. The van der Waals surface area contributed by atoms with Gasteiger partial charge < -0.3 is 4.74 Å². The average Bonchev–Trinajstić information content (AvgIpc) is 2.31. The average molecular weight is 231 g/mol. The molecule has 0 bridgehead atoms. The molecule has 4 heteroatoms. The van der Waals surface area contributed by atoms with Crippen molar-refractivity contribution in [2.24, 2.45) is 0 Å².